The first-order chi connectivity index (χ1) is 11.7. The van der Waals surface area contributed by atoms with Gasteiger partial charge in [-0.3, -0.25) is 14.4 Å². The number of hydrogen-bond acceptors (Lipinski definition) is 5. The number of hydrogen-bond donors (Lipinski definition) is 1. The third-order valence-corrected chi connectivity index (χ3v) is 6.43. The Morgan fingerprint density at radius 2 is 1.85 bits per heavy atom. The minimum Gasteiger partial charge on any atom is -0.398 e. The summed E-state index contributed by atoms with van der Waals surface area (Å²) < 4.78 is 27.7. The molecular weight excluding hydrogens is 378 g/mol. The Morgan fingerprint density at radius 1 is 1.19 bits per heavy atom. The van der Waals surface area contributed by atoms with Crippen molar-refractivity contribution in [2.45, 2.75) is 31.6 Å². The van der Waals surface area contributed by atoms with Crippen LogP contribution < -0.4 is 10.0 Å². The highest BCUT2D eigenvalue weighted by molar-refractivity contribution is 7.93. The van der Waals surface area contributed by atoms with Crippen LogP contribution in [-0.4, -0.2) is 19.9 Å². The van der Waals surface area contributed by atoms with E-state index < -0.39 is 20.6 Å². The van der Waals surface area contributed by atoms with Crippen LogP contribution in [-0.2, 0) is 16.4 Å². The second-order valence-corrected chi connectivity index (χ2v) is 8.02. The summed E-state index contributed by atoms with van der Waals surface area (Å²) in [5, 5.41) is 11.4. The Labute approximate surface area is 158 Å². The number of aryl methyl sites for hydroxylation is 2. The van der Waals surface area contributed by atoms with Crippen molar-refractivity contribution < 1.29 is 13.3 Å². The number of nitro groups is 1. The van der Waals surface area contributed by atoms with E-state index in [1.165, 1.54) is 16.4 Å². The van der Waals surface area contributed by atoms with Crippen molar-refractivity contribution in [2.24, 2.45) is 0 Å². The van der Waals surface area contributed by atoms with Gasteiger partial charge in [0.15, 0.2) is 4.90 Å². The van der Waals surface area contributed by atoms with E-state index in [4.69, 9.17) is 5.73 Å². The maximum absolute atomic E-state index is 13.2. The average Bonchev–Trinajstić information content (AvgIpc) is 2.56. The number of nitrogen functional groups attached to an aromatic ring is 1. The Morgan fingerprint density at radius 3 is 2.50 bits per heavy atom. The number of nitro benzene ring substituents is 1. The number of anilines is 2. The molecular formula is C17H20ClN3O4S. The lowest BCUT2D eigenvalue weighted by atomic mass is 10.0. The van der Waals surface area contributed by atoms with Crippen LogP contribution in [0.4, 0.5) is 17.1 Å². The summed E-state index contributed by atoms with van der Waals surface area (Å²) in [6, 6.07) is 7.80. The molecule has 2 aromatic carbocycles. The number of fused-ring (bicyclic) bond motifs is 1. The Kier molecular flexibility index (Phi) is 5.48. The highest BCUT2D eigenvalue weighted by Crippen LogP contribution is 2.37. The van der Waals surface area contributed by atoms with Crippen LogP contribution in [0.5, 0.6) is 0 Å². The molecule has 0 aliphatic carbocycles. The molecule has 9 heteroatoms. The molecule has 0 radical (unpaired) electrons. The third-order valence-electron chi connectivity index (χ3n) is 4.58. The van der Waals surface area contributed by atoms with Crippen molar-refractivity contribution in [3.05, 3.63) is 57.1 Å². The normalized spacial score (nSPS) is 13.7. The van der Waals surface area contributed by atoms with Crippen molar-refractivity contribution in [1.82, 2.24) is 0 Å². The van der Waals surface area contributed by atoms with Crippen LogP contribution in [0.25, 0.3) is 0 Å². The minimum atomic E-state index is -4.07. The summed E-state index contributed by atoms with van der Waals surface area (Å²) in [6.45, 7) is 3.72. The minimum absolute atomic E-state index is 0. The fourth-order valence-electron chi connectivity index (χ4n) is 3.11. The molecule has 26 heavy (non-hydrogen) atoms. The zero-order chi connectivity index (χ0) is 18.4. The summed E-state index contributed by atoms with van der Waals surface area (Å²) in [6.07, 6.45) is 1.29. The second-order valence-electron chi connectivity index (χ2n) is 6.19. The molecule has 0 spiro atoms. The predicted molar refractivity (Wildman–Crippen MR) is 104 cm³/mol. The maximum atomic E-state index is 13.2. The van der Waals surface area contributed by atoms with E-state index in [1.54, 1.807) is 32.0 Å². The molecule has 0 amide bonds. The van der Waals surface area contributed by atoms with Gasteiger partial charge in [-0.15, -0.1) is 12.4 Å². The van der Waals surface area contributed by atoms with E-state index in [0.29, 0.717) is 35.3 Å². The zero-order valence-corrected chi connectivity index (χ0v) is 16.1. The lowest BCUT2D eigenvalue weighted by molar-refractivity contribution is -0.387. The van der Waals surface area contributed by atoms with Gasteiger partial charge in [-0.25, -0.2) is 8.42 Å². The van der Waals surface area contributed by atoms with Gasteiger partial charge >= 0.3 is 0 Å². The molecule has 0 saturated carbocycles. The largest absolute Gasteiger partial charge is 0.398 e. The number of halogens is 1. The van der Waals surface area contributed by atoms with E-state index >= 15 is 0 Å². The van der Waals surface area contributed by atoms with Crippen molar-refractivity contribution in [2.75, 3.05) is 16.6 Å². The van der Waals surface area contributed by atoms with Gasteiger partial charge in [0.25, 0.3) is 15.7 Å². The van der Waals surface area contributed by atoms with Crippen LogP contribution in [0.1, 0.15) is 23.1 Å². The zero-order valence-electron chi connectivity index (χ0n) is 14.4. The Bertz CT molecular complexity index is 976. The molecule has 140 valence electrons. The quantitative estimate of drug-likeness (QED) is 0.485. The topological polar surface area (TPSA) is 107 Å². The van der Waals surface area contributed by atoms with Crippen molar-refractivity contribution in [3.8, 4) is 0 Å². The molecule has 7 nitrogen and oxygen atoms in total. The molecule has 0 atom stereocenters. The third kappa shape index (κ3) is 3.22. The fraction of sp³-hybridized carbons (Fsp3) is 0.294. The summed E-state index contributed by atoms with van der Waals surface area (Å²) in [5.41, 5.74) is 8.74. The summed E-state index contributed by atoms with van der Waals surface area (Å²) in [5.74, 6) is 0. The van der Waals surface area contributed by atoms with E-state index in [9.17, 15) is 18.5 Å². The number of sulfonamides is 1. The monoisotopic (exact) mass is 397 g/mol. The van der Waals surface area contributed by atoms with Gasteiger partial charge in [0, 0.05) is 18.3 Å². The summed E-state index contributed by atoms with van der Waals surface area (Å²) in [7, 11) is -4.07. The van der Waals surface area contributed by atoms with E-state index in [0.717, 1.165) is 5.56 Å². The summed E-state index contributed by atoms with van der Waals surface area (Å²) >= 11 is 0. The molecule has 0 aromatic heterocycles. The van der Waals surface area contributed by atoms with Gasteiger partial charge in [0.1, 0.15) is 0 Å². The molecule has 1 heterocycles. The highest BCUT2D eigenvalue weighted by Gasteiger charge is 2.35. The molecule has 2 N–H and O–H groups in total. The van der Waals surface area contributed by atoms with Gasteiger partial charge in [0.2, 0.25) is 0 Å². The Balaban J connectivity index is 0.00000243. The van der Waals surface area contributed by atoms with Gasteiger partial charge in [-0.2, -0.15) is 0 Å². The van der Waals surface area contributed by atoms with Crippen LogP contribution in [0.15, 0.2) is 35.2 Å². The summed E-state index contributed by atoms with van der Waals surface area (Å²) in [4.78, 5) is 10.5. The van der Waals surface area contributed by atoms with E-state index in [-0.39, 0.29) is 23.8 Å². The molecule has 1 aliphatic heterocycles. The van der Waals surface area contributed by atoms with E-state index in [2.05, 4.69) is 0 Å². The number of nitrogens with zero attached hydrogens (tertiary/aromatic N) is 2. The maximum Gasteiger partial charge on any atom is 0.290 e. The molecule has 3 rings (SSSR count). The molecule has 0 saturated heterocycles. The fourth-order valence-corrected chi connectivity index (χ4v) is 4.87. The number of benzene rings is 2. The molecule has 1 aliphatic rings. The van der Waals surface area contributed by atoms with Crippen LogP contribution in [0.3, 0.4) is 0 Å². The van der Waals surface area contributed by atoms with Gasteiger partial charge in [0.05, 0.1) is 10.6 Å². The van der Waals surface area contributed by atoms with Gasteiger partial charge in [-0.05, 0) is 61.6 Å². The number of rotatable bonds is 3. The predicted octanol–water partition coefficient (Wildman–Crippen LogP) is 3.36. The van der Waals surface area contributed by atoms with Crippen LogP contribution >= 0.6 is 12.4 Å². The molecule has 0 unspecified atom stereocenters. The van der Waals surface area contributed by atoms with Crippen molar-refractivity contribution in [3.63, 3.8) is 0 Å². The second kappa shape index (κ2) is 7.13. The van der Waals surface area contributed by atoms with Gasteiger partial charge in [-0.1, -0.05) is 6.07 Å². The van der Waals surface area contributed by atoms with Crippen molar-refractivity contribution >= 4 is 39.5 Å². The molecule has 0 bridgehead atoms. The lowest BCUT2D eigenvalue weighted by Gasteiger charge is -2.31. The van der Waals surface area contributed by atoms with Gasteiger partial charge < -0.3 is 5.73 Å². The first-order valence-corrected chi connectivity index (χ1v) is 9.33. The Hall–Kier alpha value is -2.32. The highest BCUT2D eigenvalue weighted by atomic mass is 35.5. The lowest BCUT2D eigenvalue weighted by Crippen LogP contribution is -2.36. The van der Waals surface area contributed by atoms with E-state index in [1.807, 2.05) is 0 Å². The SMILES string of the molecule is Cc1cc([N+](=O)[O-])c(S(=O)(=O)N2CCCc3c(N)cccc32)cc1C.Cl. The first kappa shape index (κ1) is 20.0. The first-order valence-electron chi connectivity index (χ1n) is 7.89. The smallest absolute Gasteiger partial charge is 0.290 e. The van der Waals surface area contributed by atoms with Crippen LogP contribution in [0, 0.1) is 24.0 Å². The number of nitrogens with two attached hydrogens (primary N) is 1. The van der Waals surface area contributed by atoms with Crippen molar-refractivity contribution in [1.29, 1.82) is 0 Å². The molecule has 2 aromatic rings. The standard InChI is InChI=1S/C17H19N3O4S.ClH/c1-11-9-16(20(21)22)17(10-12(11)2)25(23,24)19-8-4-5-13-14(18)6-3-7-15(13)19;/h3,6-7,9-10H,4-5,8,18H2,1-2H3;1H. The molecule has 0 fully saturated rings. The van der Waals surface area contributed by atoms with Crippen LogP contribution in [0.2, 0.25) is 0 Å². The average molecular weight is 398 g/mol.